The smallest absolute Gasteiger partial charge is 0.0917 e. The van der Waals surface area contributed by atoms with Crippen molar-refractivity contribution in [2.75, 3.05) is 6.54 Å². The third-order valence-corrected chi connectivity index (χ3v) is 5.51. The Kier molecular flexibility index (Phi) is 6.28. The molecule has 0 radical (unpaired) electrons. The zero-order chi connectivity index (χ0) is 17.6. The van der Waals surface area contributed by atoms with Crippen molar-refractivity contribution in [1.29, 1.82) is 0 Å². The number of hydrogen-bond acceptors (Lipinski definition) is 2. The van der Waals surface area contributed by atoms with Crippen LogP contribution in [0.15, 0.2) is 54.6 Å². The van der Waals surface area contributed by atoms with Gasteiger partial charge in [-0.15, -0.1) is 0 Å². The second-order valence-corrected chi connectivity index (χ2v) is 7.67. The Morgan fingerprint density at radius 1 is 0.960 bits per heavy atom. The van der Waals surface area contributed by atoms with Crippen LogP contribution in [0.1, 0.15) is 68.2 Å². The van der Waals surface area contributed by atoms with Crippen molar-refractivity contribution in [3.8, 4) is 0 Å². The summed E-state index contributed by atoms with van der Waals surface area (Å²) in [6, 6.07) is 19.6. The second-order valence-electron chi connectivity index (χ2n) is 7.67. The van der Waals surface area contributed by atoms with Crippen molar-refractivity contribution < 1.29 is 5.11 Å². The van der Waals surface area contributed by atoms with Gasteiger partial charge in [-0.25, -0.2) is 0 Å². The molecule has 25 heavy (non-hydrogen) atoms. The van der Waals surface area contributed by atoms with Gasteiger partial charge >= 0.3 is 0 Å². The van der Waals surface area contributed by atoms with Gasteiger partial charge in [0.1, 0.15) is 0 Å². The van der Waals surface area contributed by atoms with Crippen molar-refractivity contribution in [3.63, 3.8) is 0 Å². The van der Waals surface area contributed by atoms with E-state index >= 15 is 0 Å². The molecular weight excluding hydrogens is 306 g/mol. The first-order valence-corrected chi connectivity index (χ1v) is 9.69. The topological polar surface area (TPSA) is 23.5 Å². The summed E-state index contributed by atoms with van der Waals surface area (Å²) < 4.78 is 0. The average Bonchev–Trinajstić information content (AvgIpc) is 3.16. The summed E-state index contributed by atoms with van der Waals surface area (Å²) in [5.41, 5.74) is 3.76. The first kappa shape index (κ1) is 18.2. The molecule has 0 bridgehead atoms. The highest BCUT2D eigenvalue weighted by molar-refractivity contribution is 5.27. The van der Waals surface area contributed by atoms with Gasteiger partial charge in [-0.1, -0.05) is 67.4 Å². The minimum absolute atomic E-state index is 0.396. The molecule has 1 unspecified atom stereocenters. The molecule has 134 valence electrons. The molecule has 2 aromatic rings. The first-order chi connectivity index (χ1) is 12.1. The summed E-state index contributed by atoms with van der Waals surface area (Å²) in [5, 5.41) is 10.7. The predicted octanol–water partition coefficient (Wildman–Crippen LogP) is 5.29. The van der Waals surface area contributed by atoms with E-state index in [1.165, 1.54) is 36.8 Å². The van der Waals surface area contributed by atoms with Crippen molar-refractivity contribution in [3.05, 3.63) is 71.3 Å². The van der Waals surface area contributed by atoms with E-state index in [1.807, 2.05) is 6.07 Å². The van der Waals surface area contributed by atoms with Gasteiger partial charge in [0.15, 0.2) is 0 Å². The maximum atomic E-state index is 10.7. The van der Waals surface area contributed by atoms with E-state index in [0.29, 0.717) is 12.6 Å². The lowest BCUT2D eigenvalue weighted by atomic mass is 9.95. The van der Waals surface area contributed by atoms with Crippen LogP contribution in [0.3, 0.4) is 0 Å². The summed E-state index contributed by atoms with van der Waals surface area (Å²) in [7, 11) is 0. The molecule has 0 heterocycles. The fraction of sp³-hybridized carbons (Fsp3) is 0.478. The van der Waals surface area contributed by atoms with Gasteiger partial charge in [0, 0.05) is 19.1 Å². The van der Waals surface area contributed by atoms with E-state index in [-0.39, 0.29) is 0 Å². The van der Waals surface area contributed by atoms with E-state index in [0.717, 1.165) is 18.0 Å². The molecule has 0 aliphatic heterocycles. The summed E-state index contributed by atoms with van der Waals surface area (Å²) in [6.07, 6.45) is 4.92. The highest BCUT2D eigenvalue weighted by atomic mass is 16.3. The highest BCUT2D eigenvalue weighted by Crippen LogP contribution is 2.34. The molecule has 1 saturated carbocycles. The van der Waals surface area contributed by atoms with E-state index < -0.39 is 6.10 Å². The lowest BCUT2D eigenvalue weighted by Gasteiger charge is -2.29. The maximum Gasteiger partial charge on any atom is 0.0917 e. The number of nitrogens with zero attached hydrogens (tertiary/aromatic N) is 1. The fourth-order valence-electron chi connectivity index (χ4n) is 3.85. The summed E-state index contributed by atoms with van der Waals surface area (Å²) >= 11 is 0. The standard InChI is InChI=1S/C23H31NO/c1-18(2)24(16-19-8-4-3-5-9-19)17-23(25)22-14-12-21(13-15-22)20-10-6-7-11-20/h3-5,8-9,12-15,18,20,23,25H,6-7,10-11,16-17H2,1-2H3. The van der Waals surface area contributed by atoms with Crippen molar-refractivity contribution in [2.24, 2.45) is 0 Å². The van der Waals surface area contributed by atoms with Crippen LogP contribution in [0.4, 0.5) is 0 Å². The van der Waals surface area contributed by atoms with Gasteiger partial charge < -0.3 is 5.11 Å². The molecule has 0 amide bonds. The molecule has 2 heteroatoms. The molecule has 1 N–H and O–H groups in total. The Morgan fingerprint density at radius 3 is 2.20 bits per heavy atom. The van der Waals surface area contributed by atoms with Crippen LogP contribution in [-0.2, 0) is 6.54 Å². The number of benzene rings is 2. The number of hydrogen-bond donors (Lipinski definition) is 1. The lowest BCUT2D eigenvalue weighted by Crippen LogP contribution is -2.34. The summed E-state index contributed by atoms with van der Waals surface area (Å²) in [4.78, 5) is 2.34. The van der Waals surface area contributed by atoms with Gasteiger partial charge in [-0.2, -0.15) is 0 Å². The third-order valence-electron chi connectivity index (χ3n) is 5.51. The lowest BCUT2D eigenvalue weighted by molar-refractivity contribution is 0.0908. The quantitative estimate of drug-likeness (QED) is 0.742. The van der Waals surface area contributed by atoms with Crippen LogP contribution in [0.5, 0.6) is 0 Å². The maximum absolute atomic E-state index is 10.7. The Labute approximate surface area is 152 Å². The van der Waals surface area contributed by atoms with Crippen LogP contribution in [0.2, 0.25) is 0 Å². The number of aliphatic hydroxyl groups excluding tert-OH is 1. The minimum Gasteiger partial charge on any atom is -0.387 e. The minimum atomic E-state index is -0.441. The zero-order valence-corrected chi connectivity index (χ0v) is 15.6. The first-order valence-electron chi connectivity index (χ1n) is 9.69. The highest BCUT2D eigenvalue weighted by Gasteiger charge is 2.19. The van der Waals surface area contributed by atoms with Crippen molar-refractivity contribution >= 4 is 0 Å². The molecule has 2 nitrogen and oxygen atoms in total. The molecule has 0 aromatic heterocycles. The Morgan fingerprint density at radius 2 is 1.60 bits per heavy atom. The molecule has 1 aliphatic rings. The van der Waals surface area contributed by atoms with E-state index in [9.17, 15) is 5.11 Å². The second kappa shape index (κ2) is 8.64. The normalized spacial score (nSPS) is 16.7. The molecule has 2 aromatic carbocycles. The third kappa shape index (κ3) is 4.93. The monoisotopic (exact) mass is 337 g/mol. The van der Waals surface area contributed by atoms with E-state index in [1.54, 1.807) is 0 Å². The van der Waals surface area contributed by atoms with Crippen LogP contribution in [0, 0.1) is 0 Å². The largest absolute Gasteiger partial charge is 0.387 e. The molecular formula is C23H31NO. The van der Waals surface area contributed by atoms with Crippen LogP contribution >= 0.6 is 0 Å². The Hall–Kier alpha value is -1.64. The summed E-state index contributed by atoms with van der Waals surface area (Å²) in [5.74, 6) is 0.733. The molecule has 3 rings (SSSR count). The molecule has 1 atom stereocenters. The van der Waals surface area contributed by atoms with Gasteiger partial charge in [-0.05, 0) is 49.3 Å². The van der Waals surface area contributed by atoms with Gasteiger partial charge in [-0.3, -0.25) is 4.90 Å². The van der Waals surface area contributed by atoms with Gasteiger partial charge in [0.05, 0.1) is 6.10 Å². The zero-order valence-electron chi connectivity index (χ0n) is 15.6. The van der Waals surface area contributed by atoms with Crippen LogP contribution in [-0.4, -0.2) is 22.6 Å². The molecule has 1 aliphatic carbocycles. The van der Waals surface area contributed by atoms with Crippen LogP contribution < -0.4 is 0 Å². The molecule has 0 spiro atoms. The molecule has 1 fully saturated rings. The van der Waals surface area contributed by atoms with Crippen molar-refractivity contribution in [1.82, 2.24) is 4.90 Å². The van der Waals surface area contributed by atoms with Crippen LogP contribution in [0.25, 0.3) is 0 Å². The fourth-order valence-corrected chi connectivity index (χ4v) is 3.85. The average molecular weight is 338 g/mol. The SMILES string of the molecule is CC(C)N(Cc1ccccc1)CC(O)c1ccc(C2CCCC2)cc1. The summed E-state index contributed by atoms with van der Waals surface area (Å²) in [6.45, 7) is 5.92. The molecule has 0 saturated heterocycles. The van der Waals surface area contributed by atoms with E-state index in [4.69, 9.17) is 0 Å². The van der Waals surface area contributed by atoms with Gasteiger partial charge in [0.25, 0.3) is 0 Å². The predicted molar refractivity (Wildman–Crippen MR) is 105 cm³/mol. The van der Waals surface area contributed by atoms with Gasteiger partial charge in [0.2, 0.25) is 0 Å². The number of aliphatic hydroxyl groups is 1. The Balaban J connectivity index is 1.63. The van der Waals surface area contributed by atoms with E-state index in [2.05, 4.69) is 67.3 Å². The Bertz CT molecular complexity index is 629. The number of rotatable bonds is 7. The van der Waals surface area contributed by atoms with Crippen molar-refractivity contribution in [2.45, 2.75) is 64.1 Å².